The largest absolute Gasteiger partial charge is 0.494 e. The number of unbranched alkanes of at least 4 members (excludes halogenated alkanes) is 3. The molecule has 3 heterocycles. The standard InChI is InChI=1S/C34H37ClIN3O3/c35-25-9-16-31-30(23-25)29-17-21-39(34(40)42-28-14-10-26(36)11-15-28)33(32(29)37-31)24-7-12-27(13-8-24)41-22-6-2-1-3-18-38-19-4-5-20-38/h7-16,23,33,37H,1-6,17-22H2. The normalized spacial score (nSPS) is 17.0. The van der Waals surface area contributed by atoms with Gasteiger partial charge < -0.3 is 19.4 Å². The van der Waals surface area contributed by atoms with Crippen LogP contribution in [0, 0.1) is 3.57 Å². The van der Waals surface area contributed by atoms with Gasteiger partial charge in [0.2, 0.25) is 0 Å². The van der Waals surface area contributed by atoms with Crippen LogP contribution in [0.4, 0.5) is 4.79 Å². The highest BCUT2D eigenvalue weighted by molar-refractivity contribution is 14.1. The van der Waals surface area contributed by atoms with Crippen molar-refractivity contribution in [3.63, 3.8) is 0 Å². The summed E-state index contributed by atoms with van der Waals surface area (Å²) < 4.78 is 13.0. The van der Waals surface area contributed by atoms with Crippen molar-refractivity contribution in [3.05, 3.63) is 92.1 Å². The Morgan fingerprint density at radius 3 is 2.43 bits per heavy atom. The van der Waals surface area contributed by atoms with E-state index in [0.29, 0.717) is 30.3 Å². The number of H-pyrrole nitrogens is 1. The van der Waals surface area contributed by atoms with Crippen molar-refractivity contribution in [1.29, 1.82) is 0 Å². The van der Waals surface area contributed by atoms with Crippen molar-refractivity contribution in [3.8, 4) is 11.5 Å². The van der Waals surface area contributed by atoms with Gasteiger partial charge in [-0.1, -0.05) is 36.6 Å². The van der Waals surface area contributed by atoms with Crippen LogP contribution in [-0.2, 0) is 6.42 Å². The zero-order valence-corrected chi connectivity index (χ0v) is 26.7. The highest BCUT2D eigenvalue weighted by Crippen LogP contribution is 2.40. The van der Waals surface area contributed by atoms with Gasteiger partial charge in [-0.2, -0.15) is 0 Å². The number of rotatable bonds is 10. The Balaban J connectivity index is 1.14. The number of likely N-dealkylation sites (tertiary alicyclic amines) is 1. The van der Waals surface area contributed by atoms with E-state index in [1.54, 1.807) is 0 Å². The van der Waals surface area contributed by atoms with Gasteiger partial charge in [0.25, 0.3) is 0 Å². The van der Waals surface area contributed by atoms with Crippen molar-refractivity contribution in [2.24, 2.45) is 0 Å². The molecule has 0 bridgehead atoms. The first-order valence-electron chi connectivity index (χ1n) is 15.0. The molecule has 2 aliphatic heterocycles. The van der Waals surface area contributed by atoms with E-state index in [1.807, 2.05) is 59.5 Å². The minimum absolute atomic E-state index is 0.319. The van der Waals surface area contributed by atoms with Gasteiger partial charge in [-0.15, -0.1) is 0 Å². The van der Waals surface area contributed by atoms with Crippen LogP contribution in [0.5, 0.6) is 11.5 Å². The van der Waals surface area contributed by atoms with E-state index in [9.17, 15) is 4.79 Å². The van der Waals surface area contributed by atoms with Crippen LogP contribution < -0.4 is 9.47 Å². The number of aromatic amines is 1. The second kappa shape index (κ2) is 13.7. The lowest BCUT2D eigenvalue weighted by molar-refractivity contribution is 0.135. The average Bonchev–Trinajstić information content (AvgIpc) is 3.65. The van der Waals surface area contributed by atoms with Crippen LogP contribution in [0.25, 0.3) is 10.9 Å². The lowest BCUT2D eigenvalue weighted by Crippen LogP contribution is -2.42. The Bertz CT molecular complexity index is 1500. The van der Waals surface area contributed by atoms with Gasteiger partial charge in [0.1, 0.15) is 17.5 Å². The number of aromatic nitrogens is 1. The first-order chi connectivity index (χ1) is 20.5. The van der Waals surface area contributed by atoms with E-state index in [2.05, 4.69) is 44.6 Å². The van der Waals surface area contributed by atoms with Gasteiger partial charge in [-0.25, -0.2) is 4.79 Å². The molecular weight excluding hydrogens is 661 g/mol. The predicted octanol–water partition coefficient (Wildman–Crippen LogP) is 8.61. The number of nitrogens with one attached hydrogen (secondary N) is 1. The monoisotopic (exact) mass is 697 g/mol. The van der Waals surface area contributed by atoms with E-state index in [4.69, 9.17) is 21.1 Å². The molecule has 1 amide bonds. The molecule has 1 aromatic heterocycles. The number of carbonyl (C=O) groups is 1. The fourth-order valence-corrected chi connectivity index (χ4v) is 6.73. The first kappa shape index (κ1) is 29.3. The molecule has 6 rings (SSSR count). The lowest BCUT2D eigenvalue weighted by atomic mass is 9.92. The molecule has 1 N–H and O–H groups in total. The predicted molar refractivity (Wildman–Crippen MR) is 177 cm³/mol. The third-order valence-electron chi connectivity index (χ3n) is 8.37. The second-order valence-electron chi connectivity index (χ2n) is 11.3. The van der Waals surface area contributed by atoms with E-state index >= 15 is 0 Å². The first-order valence-corrected chi connectivity index (χ1v) is 16.5. The zero-order valence-electron chi connectivity index (χ0n) is 23.8. The Hall–Kier alpha value is -2.75. The summed E-state index contributed by atoms with van der Waals surface area (Å²) in [6, 6.07) is 21.3. The van der Waals surface area contributed by atoms with E-state index in [1.165, 1.54) is 57.3 Å². The minimum atomic E-state index is -0.367. The summed E-state index contributed by atoms with van der Waals surface area (Å²) in [7, 11) is 0. The number of carbonyl (C=O) groups excluding carboxylic acids is 1. The van der Waals surface area contributed by atoms with Crippen molar-refractivity contribution in [1.82, 2.24) is 14.8 Å². The number of benzene rings is 3. The molecule has 0 saturated carbocycles. The molecular formula is C34H37ClIN3O3. The number of hydrogen-bond donors (Lipinski definition) is 1. The molecule has 0 radical (unpaired) electrons. The van der Waals surface area contributed by atoms with Crippen LogP contribution in [0.2, 0.25) is 5.02 Å². The molecule has 42 heavy (non-hydrogen) atoms. The molecule has 1 saturated heterocycles. The third-order valence-corrected chi connectivity index (χ3v) is 9.33. The van der Waals surface area contributed by atoms with Gasteiger partial charge in [0.05, 0.1) is 6.61 Å². The SMILES string of the molecule is O=C(Oc1ccc(I)cc1)N1CCc2c([nH]c3ccc(Cl)cc23)C1c1ccc(OCCCCCCN2CCCC2)cc1. The highest BCUT2D eigenvalue weighted by Gasteiger charge is 2.35. The molecule has 2 aliphatic rings. The molecule has 0 spiro atoms. The van der Waals surface area contributed by atoms with Crippen LogP contribution in [0.3, 0.4) is 0 Å². The van der Waals surface area contributed by atoms with Gasteiger partial charge in [-0.3, -0.25) is 4.90 Å². The summed E-state index contributed by atoms with van der Waals surface area (Å²) in [5.74, 6) is 1.39. The van der Waals surface area contributed by atoms with Crippen molar-refractivity contribution in [2.45, 2.75) is 51.0 Å². The van der Waals surface area contributed by atoms with E-state index < -0.39 is 0 Å². The zero-order chi connectivity index (χ0) is 28.9. The molecule has 6 nitrogen and oxygen atoms in total. The third kappa shape index (κ3) is 6.90. The maximum absolute atomic E-state index is 13.5. The molecule has 1 unspecified atom stereocenters. The number of ether oxygens (including phenoxy) is 2. The van der Waals surface area contributed by atoms with E-state index in [0.717, 1.165) is 37.9 Å². The van der Waals surface area contributed by atoms with Gasteiger partial charge in [0.15, 0.2) is 0 Å². The number of amides is 1. The maximum Gasteiger partial charge on any atom is 0.416 e. The Morgan fingerprint density at radius 1 is 0.905 bits per heavy atom. The molecule has 1 fully saturated rings. The summed E-state index contributed by atoms with van der Waals surface area (Å²) in [6.45, 7) is 5.05. The maximum atomic E-state index is 13.5. The number of fused-ring (bicyclic) bond motifs is 3. The number of nitrogens with zero attached hydrogens (tertiary/aromatic N) is 2. The second-order valence-corrected chi connectivity index (χ2v) is 12.9. The molecule has 0 aliphatic carbocycles. The summed E-state index contributed by atoms with van der Waals surface area (Å²) in [4.78, 5) is 21.5. The molecule has 4 aromatic rings. The topological polar surface area (TPSA) is 57.8 Å². The summed E-state index contributed by atoms with van der Waals surface area (Å²) in [5, 5.41) is 1.81. The van der Waals surface area contributed by atoms with Crippen LogP contribution >= 0.6 is 34.2 Å². The molecule has 8 heteroatoms. The molecule has 220 valence electrons. The molecule has 1 atom stereocenters. The summed E-state index contributed by atoms with van der Waals surface area (Å²) in [5.41, 5.74) is 4.21. The summed E-state index contributed by atoms with van der Waals surface area (Å²) in [6.07, 6.45) is 7.86. The number of hydrogen-bond acceptors (Lipinski definition) is 4. The smallest absolute Gasteiger partial charge is 0.416 e. The summed E-state index contributed by atoms with van der Waals surface area (Å²) >= 11 is 8.60. The van der Waals surface area contributed by atoms with Gasteiger partial charge >= 0.3 is 6.09 Å². The van der Waals surface area contributed by atoms with Crippen molar-refractivity contribution < 1.29 is 14.3 Å². The van der Waals surface area contributed by atoms with Crippen molar-refractivity contribution >= 4 is 51.2 Å². The van der Waals surface area contributed by atoms with Crippen LogP contribution in [0.15, 0.2) is 66.7 Å². The van der Waals surface area contributed by atoms with Crippen LogP contribution in [0.1, 0.15) is 61.4 Å². The fraction of sp³-hybridized carbons (Fsp3) is 0.382. The van der Waals surface area contributed by atoms with Gasteiger partial charge in [0, 0.05) is 31.7 Å². The Labute approximate surface area is 266 Å². The molecule has 3 aromatic carbocycles. The van der Waals surface area contributed by atoms with E-state index in [-0.39, 0.29) is 12.1 Å². The van der Waals surface area contributed by atoms with Crippen molar-refractivity contribution in [2.75, 3.05) is 32.8 Å². The quantitative estimate of drug-likeness (QED) is 0.133. The minimum Gasteiger partial charge on any atom is -0.494 e. The Morgan fingerprint density at radius 2 is 1.64 bits per heavy atom. The van der Waals surface area contributed by atoms with Gasteiger partial charge in [-0.05, 0) is 140 Å². The lowest BCUT2D eigenvalue weighted by Gasteiger charge is -2.35. The van der Waals surface area contributed by atoms with Crippen LogP contribution in [-0.4, -0.2) is 53.7 Å². The highest BCUT2D eigenvalue weighted by atomic mass is 127. The number of halogens is 2. The Kier molecular flexibility index (Phi) is 9.56. The fourth-order valence-electron chi connectivity index (χ4n) is 6.20. The average molecular weight is 698 g/mol.